The lowest BCUT2D eigenvalue weighted by atomic mass is 9.70. The summed E-state index contributed by atoms with van der Waals surface area (Å²) in [6.07, 6.45) is -2.05. The molecule has 5 nitrogen and oxygen atoms in total. The highest BCUT2D eigenvalue weighted by Gasteiger charge is 2.52. The predicted molar refractivity (Wildman–Crippen MR) is 58.9 cm³/mol. The first kappa shape index (κ1) is 16.2. The number of hydrogen-bond acceptors (Lipinski definition) is 4. The Labute approximate surface area is 108 Å². The first-order valence-corrected chi connectivity index (χ1v) is 7.11. The maximum Gasteiger partial charge on any atom is 0.400 e. The highest BCUT2D eigenvalue weighted by molar-refractivity contribution is 7.86. The molecular formula is C10H15F3O5S. The Balaban J connectivity index is 2.43. The van der Waals surface area contributed by atoms with E-state index < -0.39 is 46.0 Å². The molecule has 19 heavy (non-hydrogen) atoms. The Kier molecular flexibility index (Phi) is 4.51. The monoisotopic (exact) mass is 304 g/mol. The summed E-state index contributed by atoms with van der Waals surface area (Å²) in [4.78, 5) is 11.5. The zero-order valence-electron chi connectivity index (χ0n) is 10.2. The van der Waals surface area contributed by atoms with Crippen LogP contribution in [-0.4, -0.2) is 37.0 Å². The molecule has 0 radical (unpaired) electrons. The molecule has 0 bridgehead atoms. The lowest BCUT2D eigenvalue weighted by molar-refractivity contribution is -0.161. The normalized spacial score (nSPS) is 20.5. The standard InChI is InChI=1S/C10H15F3O5S/c1-9(4-2-5-9)8(14)18-6-3-7(11)10(12,13)19(15,16)17/h7H,2-6H2,1H3,(H,15,16,17). The van der Waals surface area contributed by atoms with Crippen molar-refractivity contribution in [3.63, 3.8) is 0 Å². The van der Waals surface area contributed by atoms with E-state index in [0.29, 0.717) is 12.8 Å². The highest BCUT2D eigenvalue weighted by Crippen LogP contribution is 2.41. The fourth-order valence-corrected chi connectivity index (χ4v) is 2.11. The second-order valence-electron chi connectivity index (χ2n) is 4.84. The summed E-state index contributed by atoms with van der Waals surface area (Å²) in [5, 5.41) is -4.90. The molecule has 0 spiro atoms. The molecule has 1 saturated carbocycles. The van der Waals surface area contributed by atoms with Crippen LogP contribution in [0.4, 0.5) is 13.2 Å². The van der Waals surface area contributed by atoms with Gasteiger partial charge in [0, 0.05) is 6.42 Å². The van der Waals surface area contributed by atoms with Gasteiger partial charge in [0.1, 0.15) is 0 Å². The van der Waals surface area contributed by atoms with Crippen LogP contribution in [0.15, 0.2) is 0 Å². The molecule has 0 aromatic carbocycles. The van der Waals surface area contributed by atoms with Crippen LogP contribution in [0.3, 0.4) is 0 Å². The average molecular weight is 304 g/mol. The highest BCUT2D eigenvalue weighted by atomic mass is 32.2. The summed E-state index contributed by atoms with van der Waals surface area (Å²) in [5.74, 6) is -0.610. The molecule has 112 valence electrons. The Bertz CT molecular complexity index is 444. The lowest BCUT2D eigenvalue weighted by Gasteiger charge is -2.35. The van der Waals surface area contributed by atoms with Crippen LogP contribution in [0.1, 0.15) is 32.6 Å². The van der Waals surface area contributed by atoms with Crippen molar-refractivity contribution in [1.82, 2.24) is 0 Å². The zero-order valence-corrected chi connectivity index (χ0v) is 11.1. The van der Waals surface area contributed by atoms with E-state index in [1.54, 1.807) is 6.92 Å². The van der Waals surface area contributed by atoms with E-state index in [0.717, 1.165) is 6.42 Å². The Morgan fingerprint density at radius 3 is 2.37 bits per heavy atom. The van der Waals surface area contributed by atoms with E-state index in [9.17, 15) is 26.4 Å². The first-order chi connectivity index (χ1) is 8.51. The van der Waals surface area contributed by atoms with Gasteiger partial charge in [-0.3, -0.25) is 9.35 Å². The van der Waals surface area contributed by atoms with E-state index in [1.807, 2.05) is 0 Å². The smallest absolute Gasteiger partial charge is 0.400 e. The van der Waals surface area contributed by atoms with E-state index >= 15 is 0 Å². The minimum Gasteiger partial charge on any atom is -0.465 e. The van der Waals surface area contributed by atoms with Crippen LogP contribution in [0.5, 0.6) is 0 Å². The minimum absolute atomic E-state index is 0.610. The molecule has 1 aliphatic carbocycles. The SMILES string of the molecule is CC1(C(=O)OCCC(F)C(F)(F)S(=O)(=O)O)CCC1. The minimum atomic E-state index is -5.82. The number of ether oxygens (including phenoxy) is 1. The fraction of sp³-hybridized carbons (Fsp3) is 0.900. The summed E-state index contributed by atoms with van der Waals surface area (Å²) < 4.78 is 72.0. The van der Waals surface area contributed by atoms with Gasteiger partial charge in [-0.05, 0) is 19.8 Å². The molecule has 9 heteroatoms. The van der Waals surface area contributed by atoms with Gasteiger partial charge in [0.05, 0.1) is 12.0 Å². The van der Waals surface area contributed by atoms with Gasteiger partial charge in [-0.1, -0.05) is 6.42 Å². The molecule has 0 aliphatic heterocycles. The van der Waals surface area contributed by atoms with Crippen LogP contribution in [0.2, 0.25) is 0 Å². The average Bonchev–Trinajstić information content (AvgIpc) is 2.23. The first-order valence-electron chi connectivity index (χ1n) is 5.67. The number of rotatable bonds is 6. The molecule has 1 rings (SSSR count). The van der Waals surface area contributed by atoms with E-state index in [-0.39, 0.29) is 0 Å². The van der Waals surface area contributed by atoms with Crippen LogP contribution < -0.4 is 0 Å². The van der Waals surface area contributed by atoms with Crippen molar-refractivity contribution in [3.05, 3.63) is 0 Å². The number of halogens is 3. The van der Waals surface area contributed by atoms with Crippen molar-refractivity contribution in [2.45, 2.75) is 44.0 Å². The van der Waals surface area contributed by atoms with Gasteiger partial charge in [0.25, 0.3) is 0 Å². The van der Waals surface area contributed by atoms with Gasteiger partial charge in [-0.15, -0.1) is 0 Å². The topological polar surface area (TPSA) is 80.7 Å². The third kappa shape index (κ3) is 3.38. The summed E-state index contributed by atoms with van der Waals surface area (Å²) in [6.45, 7) is 0.985. The molecular weight excluding hydrogens is 289 g/mol. The summed E-state index contributed by atoms with van der Waals surface area (Å²) in [5.41, 5.74) is -0.655. The van der Waals surface area contributed by atoms with Crippen molar-refractivity contribution in [2.24, 2.45) is 5.41 Å². The third-order valence-corrected chi connectivity index (χ3v) is 4.21. The second kappa shape index (κ2) is 5.28. The van der Waals surface area contributed by atoms with Crippen LogP contribution in [-0.2, 0) is 19.6 Å². The van der Waals surface area contributed by atoms with Crippen LogP contribution in [0.25, 0.3) is 0 Å². The van der Waals surface area contributed by atoms with E-state index in [4.69, 9.17) is 4.55 Å². The molecule has 0 amide bonds. The molecule has 0 saturated heterocycles. The Morgan fingerprint density at radius 2 is 2.00 bits per heavy atom. The predicted octanol–water partition coefficient (Wildman–Crippen LogP) is 1.93. The Hall–Kier alpha value is -0.830. The van der Waals surface area contributed by atoms with Gasteiger partial charge in [-0.25, -0.2) is 4.39 Å². The maximum absolute atomic E-state index is 13.0. The number of carbonyl (C=O) groups excluding carboxylic acids is 1. The second-order valence-corrected chi connectivity index (χ2v) is 6.34. The number of hydrogen-bond donors (Lipinski definition) is 1. The largest absolute Gasteiger partial charge is 0.465 e. The number of carbonyl (C=O) groups is 1. The Morgan fingerprint density at radius 1 is 1.47 bits per heavy atom. The van der Waals surface area contributed by atoms with Crippen LogP contribution >= 0.6 is 0 Å². The van der Waals surface area contributed by atoms with Crippen LogP contribution in [0, 0.1) is 5.41 Å². The van der Waals surface area contributed by atoms with Gasteiger partial charge in [0.15, 0.2) is 6.17 Å². The fourth-order valence-electron chi connectivity index (χ4n) is 1.67. The lowest BCUT2D eigenvalue weighted by Crippen LogP contribution is -2.40. The third-order valence-electron chi connectivity index (χ3n) is 3.26. The molecule has 1 fully saturated rings. The summed E-state index contributed by atoms with van der Waals surface area (Å²) in [7, 11) is -5.82. The molecule has 1 aliphatic rings. The molecule has 1 N–H and O–H groups in total. The van der Waals surface area contributed by atoms with E-state index in [2.05, 4.69) is 4.74 Å². The van der Waals surface area contributed by atoms with Crippen molar-refractivity contribution in [2.75, 3.05) is 6.61 Å². The van der Waals surface area contributed by atoms with Gasteiger partial charge >= 0.3 is 21.3 Å². The van der Waals surface area contributed by atoms with Crippen molar-refractivity contribution in [1.29, 1.82) is 0 Å². The van der Waals surface area contributed by atoms with Crippen molar-refractivity contribution >= 4 is 16.1 Å². The number of esters is 1. The number of alkyl halides is 3. The summed E-state index contributed by atoms with van der Waals surface area (Å²) in [6, 6.07) is 0. The zero-order chi connectivity index (χ0) is 14.9. The van der Waals surface area contributed by atoms with Gasteiger partial charge in [-0.2, -0.15) is 17.2 Å². The molecule has 0 aromatic rings. The quantitative estimate of drug-likeness (QED) is 0.599. The van der Waals surface area contributed by atoms with Gasteiger partial charge < -0.3 is 4.74 Å². The van der Waals surface area contributed by atoms with Gasteiger partial charge in [0.2, 0.25) is 0 Å². The molecule has 1 unspecified atom stereocenters. The van der Waals surface area contributed by atoms with Crippen molar-refractivity contribution < 1.29 is 35.7 Å². The van der Waals surface area contributed by atoms with Crippen molar-refractivity contribution in [3.8, 4) is 0 Å². The molecule has 1 atom stereocenters. The summed E-state index contributed by atoms with van der Waals surface area (Å²) >= 11 is 0. The molecule has 0 heterocycles. The maximum atomic E-state index is 13.0. The molecule has 0 aromatic heterocycles. The van der Waals surface area contributed by atoms with E-state index in [1.165, 1.54) is 0 Å².